The average molecular weight is 548 g/mol. The zero-order valence-corrected chi connectivity index (χ0v) is 23.4. The van der Waals surface area contributed by atoms with Gasteiger partial charge in [0.2, 0.25) is 5.91 Å². The van der Waals surface area contributed by atoms with Crippen molar-refractivity contribution in [3.63, 3.8) is 0 Å². The molecule has 3 aliphatic rings. The van der Waals surface area contributed by atoms with Crippen molar-refractivity contribution >= 4 is 35.6 Å². The van der Waals surface area contributed by atoms with E-state index in [2.05, 4.69) is 35.9 Å². The molecule has 2 fully saturated rings. The molecule has 2 saturated heterocycles. The van der Waals surface area contributed by atoms with Gasteiger partial charge in [0, 0.05) is 29.4 Å². The van der Waals surface area contributed by atoms with Crippen molar-refractivity contribution in [1.29, 1.82) is 0 Å². The number of carbonyl (C=O) groups is 4. The van der Waals surface area contributed by atoms with Gasteiger partial charge in [0.15, 0.2) is 0 Å². The molecule has 0 aromatic heterocycles. The number of ether oxygens (including phenoxy) is 2. The molecule has 0 radical (unpaired) electrons. The molecule has 0 aromatic carbocycles. The van der Waals surface area contributed by atoms with E-state index in [4.69, 9.17) is 9.47 Å². The monoisotopic (exact) mass is 547 g/mol. The lowest BCUT2D eigenvalue weighted by Gasteiger charge is -2.21. The number of esters is 2. The van der Waals surface area contributed by atoms with Crippen molar-refractivity contribution < 1.29 is 28.7 Å². The Bertz CT molecular complexity index is 949. The highest BCUT2D eigenvalue weighted by Gasteiger charge is 2.42. The number of amides is 3. The minimum atomic E-state index is -0.441. The van der Waals surface area contributed by atoms with Gasteiger partial charge in [-0.1, -0.05) is 51.0 Å². The molecule has 10 heteroatoms. The molecule has 3 rings (SSSR count). The Labute approximate surface area is 229 Å². The van der Waals surface area contributed by atoms with Crippen molar-refractivity contribution in [2.45, 2.75) is 82.7 Å². The second kappa shape index (κ2) is 15.0. The molecule has 0 saturated carbocycles. The molecule has 3 heterocycles. The van der Waals surface area contributed by atoms with Crippen LogP contribution >= 0.6 is 11.8 Å². The number of cyclic esters (lactones) is 1. The first kappa shape index (κ1) is 29.8. The van der Waals surface area contributed by atoms with Crippen LogP contribution in [0.4, 0.5) is 4.79 Å². The van der Waals surface area contributed by atoms with E-state index in [1.54, 1.807) is 0 Å². The quantitative estimate of drug-likeness (QED) is 0.132. The third kappa shape index (κ3) is 9.53. The molecule has 3 amide bonds. The van der Waals surface area contributed by atoms with Gasteiger partial charge in [-0.05, 0) is 37.7 Å². The van der Waals surface area contributed by atoms with Crippen LogP contribution in [0.3, 0.4) is 0 Å². The second-order valence-corrected chi connectivity index (χ2v) is 11.5. The lowest BCUT2D eigenvalue weighted by molar-refractivity contribution is -0.144. The van der Waals surface area contributed by atoms with E-state index >= 15 is 0 Å². The number of unbranched alkanes of at least 4 members (excludes halogenated alkanes) is 1. The van der Waals surface area contributed by atoms with E-state index in [9.17, 15) is 19.2 Å². The van der Waals surface area contributed by atoms with Crippen LogP contribution in [0.2, 0.25) is 0 Å². The zero-order valence-electron chi connectivity index (χ0n) is 22.6. The number of urea groups is 1. The molecular formula is C28H41N3O6S. The number of hydrogen-bond donors (Lipinski definition) is 3. The van der Waals surface area contributed by atoms with E-state index in [0.29, 0.717) is 18.1 Å². The number of hydrogen-bond acceptors (Lipinski definition) is 7. The van der Waals surface area contributed by atoms with Crippen molar-refractivity contribution in [1.82, 2.24) is 16.0 Å². The summed E-state index contributed by atoms with van der Waals surface area (Å²) in [5.41, 5.74) is 1.13. The molecule has 0 aliphatic carbocycles. The standard InChI is InChI=1S/C28H41N3O6S/c1-4-20(10-11-22-19(3)9-12-25(33)37-22)15-18(2)13-14-36-26(34)16-29-24(32)8-6-5-7-23-27-21(17-38-23)30-28(35)31-27/h9-12,15,18-19,21-23,27H,4-8,13-14,16-17H2,1-3H3,(H,29,32)(H2,30,31,35)/b11-10+,20-15-/t18-,19+,21+,22+,23+,27+/m1/s1. The third-order valence-electron chi connectivity index (χ3n) is 7.06. The Hall–Kier alpha value is -2.75. The van der Waals surface area contributed by atoms with Crippen LogP contribution in [0.15, 0.2) is 36.0 Å². The minimum Gasteiger partial charge on any atom is -0.464 e. The molecule has 38 heavy (non-hydrogen) atoms. The normalized spacial score (nSPS) is 27.4. The maximum atomic E-state index is 12.1. The summed E-state index contributed by atoms with van der Waals surface area (Å²) in [6.45, 7) is 6.29. The SMILES string of the molecule is CCC(=C/[C@H](C)CCOC(=O)CNC(=O)CCCC[C@@H]1SC[C@@H]2NC(=O)N[C@@H]21)/C=C/[C@@H]1OC(=O)C=C[C@@H]1C. The topological polar surface area (TPSA) is 123 Å². The summed E-state index contributed by atoms with van der Waals surface area (Å²) in [6, 6.07) is 0.314. The van der Waals surface area contributed by atoms with Gasteiger partial charge in [-0.15, -0.1) is 0 Å². The molecule has 3 N–H and O–H groups in total. The smallest absolute Gasteiger partial charge is 0.331 e. The fourth-order valence-corrected chi connectivity index (χ4v) is 6.28. The molecule has 9 nitrogen and oxygen atoms in total. The molecular weight excluding hydrogens is 506 g/mol. The number of nitrogens with one attached hydrogen (secondary N) is 3. The number of carbonyl (C=O) groups excluding carboxylic acids is 4. The predicted octanol–water partition coefficient (Wildman–Crippen LogP) is 3.41. The maximum absolute atomic E-state index is 12.1. The first-order valence-corrected chi connectivity index (χ1v) is 14.7. The molecule has 210 valence electrons. The van der Waals surface area contributed by atoms with Gasteiger partial charge in [0.1, 0.15) is 12.6 Å². The Kier molecular flexibility index (Phi) is 11.8. The van der Waals surface area contributed by atoms with Crippen LogP contribution in [0.25, 0.3) is 0 Å². The lowest BCUT2D eigenvalue weighted by Crippen LogP contribution is -2.36. The van der Waals surface area contributed by atoms with E-state index in [1.807, 2.05) is 36.9 Å². The van der Waals surface area contributed by atoms with E-state index in [-0.39, 0.29) is 61.1 Å². The zero-order chi connectivity index (χ0) is 27.5. The Morgan fingerprint density at radius 1 is 1.29 bits per heavy atom. The van der Waals surface area contributed by atoms with Gasteiger partial charge in [-0.2, -0.15) is 11.8 Å². The number of fused-ring (bicyclic) bond motifs is 1. The first-order chi connectivity index (χ1) is 18.2. The molecule has 6 atom stereocenters. The second-order valence-electron chi connectivity index (χ2n) is 10.2. The van der Waals surface area contributed by atoms with Crippen LogP contribution in [0, 0.1) is 11.8 Å². The van der Waals surface area contributed by atoms with Gasteiger partial charge in [0.05, 0.1) is 18.7 Å². The van der Waals surface area contributed by atoms with Gasteiger partial charge < -0.3 is 25.4 Å². The third-order valence-corrected chi connectivity index (χ3v) is 8.57. The van der Waals surface area contributed by atoms with Crippen LogP contribution in [0.5, 0.6) is 0 Å². The summed E-state index contributed by atoms with van der Waals surface area (Å²) in [7, 11) is 0. The fourth-order valence-electron chi connectivity index (χ4n) is 4.74. The van der Waals surface area contributed by atoms with Crippen molar-refractivity contribution in [3.8, 4) is 0 Å². The van der Waals surface area contributed by atoms with Gasteiger partial charge in [0.25, 0.3) is 0 Å². The van der Waals surface area contributed by atoms with Crippen molar-refractivity contribution in [3.05, 3.63) is 36.0 Å². The molecule has 0 bridgehead atoms. The highest BCUT2D eigenvalue weighted by atomic mass is 32.2. The summed E-state index contributed by atoms with van der Waals surface area (Å²) in [6.07, 6.45) is 13.6. The van der Waals surface area contributed by atoms with E-state index in [1.165, 1.54) is 6.08 Å². The Morgan fingerprint density at radius 3 is 2.89 bits per heavy atom. The maximum Gasteiger partial charge on any atom is 0.331 e. The Balaban J connectivity index is 1.25. The largest absolute Gasteiger partial charge is 0.464 e. The lowest BCUT2D eigenvalue weighted by atomic mass is 9.98. The number of thioether (sulfide) groups is 1. The van der Waals surface area contributed by atoms with E-state index < -0.39 is 5.97 Å². The summed E-state index contributed by atoms with van der Waals surface area (Å²) in [5, 5.41) is 8.94. The fraction of sp³-hybridized carbons (Fsp3) is 0.643. The molecule has 0 spiro atoms. The average Bonchev–Trinajstić information content (AvgIpc) is 3.44. The Morgan fingerprint density at radius 2 is 2.11 bits per heavy atom. The highest BCUT2D eigenvalue weighted by Crippen LogP contribution is 2.33. The predicted molar refractivity (Wildman–Crippen MR) is 147 cm³/mol. The first-order valence-electron chi connectivity index (χ1n) is 13.6. The van der Waals surface area contributed by atoms with Crippen LogP contribution < -0.4 is 16.0 Å². The van der Waals surface area contributed by atoms with Gasteiger partial charge in [-0.25, -0.2) is 9.59 Å². The number of rotatable bonds is 14. The van der Waals surface area contributed by atoms with E-state index in [0.717, 1.165) is 37.0 Å². The molecule has 0 aromatic rings. The number of allylic oxidation sites excluding steroid dienone is 3. The molecule has 3 aliphatic heterocycles. The van der Waals surface area contributed by atoms with Crippen LogP contribution in [0.1, 0.15) is 59.3 Å². The van der Waals surface area contributed by atoms with Crippen molar-refractivity contribution in [2.24, 2.45) is 11.8 Å². The van der Waals surface area contributed by atoms with Gasteiger partial charge in [-0.3, -0.25) is 9.59 Å². The summed E-state index contributed by atoms with van der Waals surface area (Å²) in [4.78, 5) is 47.0. The summed E-state index contributed by atoms with van der Waals surface area (Å²) < 4.78 is 10.6. The summed E-state index contributed by atoms with van der Waals surface area (Å²) >= 11 is 1.87. The van der Waals surface area contributed by atoms with Crippen molar-refractivity contribution in [2.75, 3.05) is 18.9 Å². The summed E-state index contributed by atoms with van der Waals surface area (Å²) in [5.74, 6) is 0.354. The van der Waals surface area contributed by atoms with Crippen LogP contribution in [-0.4, -0.2) is 66.2 Å². The highest BCUT2D eigenvalue weighted by molar-refractivity contribution is 8.00. The van der Waals surface area contributed by atoms with Crippen LogP contribution in [-0.2, 0) is 23.9 Å². The minimum absolute atomic E-state index is 0.0851. The van der Waals surface area contributed by atoms with Gasteiger partial charge >= 0.3 is 18.0 Å². The molecule has 0 unspecified atom stereocenters.